The van der Waals surface area contributed by atoms with Crippen LogP contribution in [0.4, 0.5) is 0 Å². The lowest BCUT2D eigenvalue weighted by Crippen LogP contribution is -2.23. The van der Waals surface area contributed by atoms with Gasteiger partial charge in [0, 0.05) is 13.3 Å². The van der Waals surface area contributed by atoms with Crippen LogP contribution in [0.15, 0.2) is 0 Å². The Bertz CT molecular complexity index is 234. The highest BCUT2D eigenvalue weighted by atomic mass is 31.2. The van der Waals surface area contributed by atoms with E-state index >= 15 is 0 Å². The fourth-order valence-electron chi connectivity index (χ4n) is 0.596. The fraction of sp³-hybridized carbons (Fsp3) is 0.778. The van der Waals surface area contributed by atoms with E-state index in [-0.39, 0.29) is 0 Å². The van der Waals surface area contributed by atoms with E-state index < -0.39 is 13.0 Å². The summed E-state index contributed by atoms with van der Waals surface area (Å²) in [4.78, 5) is 0. The second-order valence-corrected chi connectivity index (χ2v) is 6.35. The van der Waals surface area contributed by atoms with Crippen molar-refractivity contribution in [1.29, 1.82) is 0 Å². The molecule has 0 N–H and O–H groups in total. The molecule has 0 aliphatic heterocycles. The molecule has 0 aromatic heterocycles. The van der Waals surface area contributed by atoms with Crippen molar-refractivity contribution in [2.75, 3.05) is 26.5 Å². The molecule has 0 radical (unpaired) electrons. The molecule has 0 amide bonds. The van der Waals surface area contributed by atoms with Gasteiger partial charge in [-0.1, -0.05) is 5.92 Å². The molecule has 0 saturated carbocycles. The van der Waals surface area contributed by atoms with Crippen molar-refractivity contribution in [3.63, 3.8) is 0 Å². The minimum absolute atomic E-state index is 0.315. The summed E-state index contributed by atoms with van der Waals surface area (Å²) >= 11 is 0. The highest BCUT2D eigenvalue weighted by Gasteiger charge is 2.14. The van der Waals surface area contributed by atoms with Gasteiger partial charge in [0.15, 0.2) is 7.37 Å². The molecule has 0 heterocycles. The van der Waals surface area contributed by atoms with E-state index in [4.69, 9.17) is 15.7 Å². The number of hydrogen-bond donors (Lipinski definition) is 0. The van der Waals surface area contributed by atoms with E-state index in [9.17, 15) is 4.57 Å². The van der Waals surface area contributed by atoms with Crippen LogP contribution >= 0.6 is 7.37 Å². The Morgan fingerprint density at radius 3 is 2.31 bits per heavy atom. The van der Waals surface area contributed by atoms with Crippen molar-refractivity contribution in [2.24, 2.45) is 0 Å². The van der Waals surface area contributed by atoms with E-state index in [0.29, 0.717) is 13.2 Å². The summed E-state index contributed by atoms with van der Waals surface area (Å²) in [6.07, 6.45) is 5.20. The van der Waals surface area contributed by atoms with Gasteiger partial charge in [0.2, 0.25) is 0 Å². The molecule has 0 aromatic rings. The zero-order valence-corrected chi connectivity index (χ0v) is 9.56. The summed E-state index contributed by atoms with van der Waals surface area (Å²) in [7, 11) is -2.39. The summed E-state index contributed by atoms with van der Waals surface area (Å²) in [5.74, 6) is 2.49. The van der Waals surface area contributed by atoms with Crippen LogP contribution in [0.1, 0.15) is 13.8 Å². The summed E-state index contributed by atoms with van der Waals surface area (Å²) in [5.41, 5.74) is -0.575. The number of rotatable bonds is 5. The molecule has 0 fully saturated rings. The highest BCUT2D eigenvalue weighted by Crippen LogP contribution is 2.36. The van der Waals surface area contributed by atoms with Gasteiger partial charge in [-0.3, -0.25) is 4.57 Å². The van der Waals surface area contributed by atoms with E-state index in [1.165, 1.54) is 0 Å². The van der Waals surface area contributed by atoms with Gasteiger partial charge in [0.1, 0.15) is 5.60 Å². The van der Waals surface area contributed by atoms with Gasteiger partial charge in [-0.25, -0.2) is 0 Å². The molecule has 13 heavy (non-hydrogen) atoms. The minimum atomic E-state index is -2.39. The second kappa shape index (κ2) is 4.81. The standard InChI is InChI=1S/C9H17O3P/c1-6-9(2,3)11-7-8-12-13(4,5)10/h1H,7-8H2,2-5H3. The molecule has 0 saturated heterocycles. The van der Waals surface area contributed by atoms with Gasteiger partial charge in [-0.05, 0) is 13.8 Å². The zero-order valence-electron chi connectivity index (χ0n) is 8.66. The van der Waals surface area contributed by atoms with Gasteiger partial charge in [-0.2, -0.15) is 0 Å². The van der Waals surface area contributed by atoms with Crippen LogP contribution in [0.2, 0.25) is 0 Å². The molecular weight excluding hydrogens is 187 g/mol. The van der Waals surface area contributed by atoms with Crippen molar-refractivity contribution in [1.82, 2.24) is 0 Å². The Morgan fingerprint density at radius 1 is 1.38 bits per heavy atom. The Labute approximate surface area is 80.3 Å². The normalized spacial score (nSPS) is 12.5. The Hall–Kier alpha value is -0.290. The molecule has 0 aliphatic carbocycles. The van der Waals surface area contributed by atoms with Gasteiger partial charge in [0.25, 0.3) is 0 Å². The lowest BCUT2D eigenvalue weighted by atomic mass is 10.1. The predicted molar refractivity (Wildman–Crippen MR) is 54.3 cm³/mol. The minimum Gasteiger partial charge on any atom is -0.361 e. The summed E-state index contributed by atoms with van der Waals surface area (Å²) < 4.78 is 21.4. The largest absolute Gasteiger partial charge is 0.361 e. The summed E-state index contributed by atoms with van der Waals surface area (Å²) in [6, 6.07) is 0. The fourth-order valence-corrected chi connectivity index (χ4v) is 1.11. The number of hydrogen-bond acceptors (Lipinski definition) is 3. The number of terminal acetylenes is 1. The second-order valence-electron chi connectivity index (χ2n) is 3.59. The Kier molecular flexibility index (Phi) is 4.70. The molecule has 4 heteroatoms. The van der Waals surface area contributed by atoms with Gasteiger partial charge in [-0.15, -0.1) is 6.42 Å². The van der Waals surface area contributed by atoms with Crippen molar-refractivity contribution in [3.8, 4) is 12.3 Å². The molecule has 0 atom stereocenters. The summed E-state index contributed by atoms with van der Waals surface area (Å²) in [6.45, 7) is 7.41. The zero-order chi connectivity index (χ0) is 10.5. The van der Waals surface area contributed by atoms with Gasteiger partial charge < -0.3 is 9.26 Å². The smallest absolute Gasteiger partial charge is 0.197 e. The van der Waals surface area contributed by atoms with Crippen LogP contribution in [0.3, 0.4) is 0 Å². The van der Waals surface area contributed by atoms with Crippen molar-refractivity contribution in [3.05, 3.63) is 0 Å². The van der Waals surface area contributed by atoms with Crippen LogP contribution < -0.4 is 0 Å². The topological polar surface area (TPSA) is 35.5 Å². The third-order valence-corrected chi connectivity index (χ3v) is 2.10. The maximum Gasteiger partial charge on any atom is 0.197 e. The van der Waals surface area contributed by atoms with E-state index in [1.54, 1.807) is 27.2 Å². The molecule has 0 aromatic carbocycles. The third-order valence-electron chi connectivity index (χ3n) is 1.30. The third kappa shape index (κ3) is 8.05. The Balaban J connectivity index is 3.60. The SMILES string of the molecule is C#CC(C)(C)OCCOP(C)(C)=O. The van der Waals surface area contributed by atoms with Gasteiger partial charge >= 0.3 is 0 Å². The maximum absolute atomic E-state index is 11.1. The first-order valence-corrected chi connectivity index (χ1v) is 6.60. The van der Waals surface area contributed by atoms with Crippen LogP contribution in [0.5, 0.6) is 0 Å². The lowest BCUT2D eigenvalue weighted by molar-refractivity contribution is 0.0111. The quantitative estimate of drug-likeness (QED) is 0.390. The average Bonchev–Trinajstić information content (AvgIpc) is 1.97. The van der Waals surface area contributed by atoms with E-state index in [1.807, 2.05) is 0 Å². The van der Waals surface area contributed by atoms with Crippen molar-refractivity contribution >= 4 is 7.37 Å². The monoisotopic (exact) mass is 204 g/mol. The average molecular weight is 204 g/mol. The lowest BCUT2D eigenvalue weighted by Gasteiger charge is -2.18. The molecule has 0 spiro atoms. The first kappa shape index (κ1) is 12.7. The number of ether oxygens (including phenoxy) is 1. The first-order chi connectivity index (χ1) is 5.77. The van der Waals surface area contributed by atoms with E-state index in [2.05, 4.69) is 5.92 Å². The molecule has 3 nitrogen and oxygen atoms in total. The van der Waals surface area contributed by atoms with Gasteiger partial charge in [0.05, 0.1) is 13.2 Å². The van der Waals surface area contributed by atoms with Crippen molar-refractivity contribution in [2.45, 2.75) is 19.4 Å². The first-order valence-electron chi connectivity index (χ1n) is 4.08. The maximum atomic E-state index is 11.1. The van der Waals surface area contributed by atoms with Crippen molar-refractivity contribution < 1.29 is 13.8 Å². The highest BCUT2D eigenvalue weighted by molar-refractivity contribution is 7.57. The van der Waals surface area contributed by atoms with Crippen LogP contribution in [0.25, 0.3) is 0 Å². The molecule has 0 rings (SSSR count). The van der Waals surface area contributed by atoms with Crippen LogP contribution in [-0.4, -0.2) is 32.1 Å². The van der Waals surface area contributed by atoms with Crippen LogP contribution in [0, 0.1) is 12.3 Å². The molecule has 0 bridgehead atoms. The Morgan fingerprint density at radius 2 is 1.92 bits per heavy atom. The summed E-state index contributed by atoms with van der Waals surface area (Å²) in [5, 5.41) is 0. The molecular formula is C9H17O3P. The molecule has 0 unspecified atom stereocenters. The van der Waals surface area contributed by atoms with E-state index in [0.717, 1.165) is 0 Å². The van der Waals surface area contributed by atoms with Crippen LogP contribution in [-0.2, 0) is 13.8 Å². The molecule has 76 valence electrons. The molecule has 0 aliphatic rings. The predicted octanol–water partition coefficient (Wildman–Crippen LogP) is 1.97.